The van der Waals surface area contributed by atoms with Crippen molar-refractivity contribution in [2.24, 2.45) is 5.92 Å². The predicted molar refractivity (Wildman–Crippen MR) is 180 cm³/mol. The van der Waals surface area contributed by atoms with Gasteiger partial charge >= 0.3 is 0 Å². The van der Waals surface area contributed by atoms with Crippen molar-refractivity contribution in [2.75, 3.05) is 23.0 Å². The number of rotatable bonds is 7. The molecule has 7 rings (SSSR count). The largest absolute Gasteiger partial charge is 0.394 e. The fraction of sp³-hybridized carbons (Fsp3) is 0.417. The van der Waals surface area contributed by atoms with E-state index >= 15 is 4.11 Å². The van der Waals surface area contributed by atoms with Crippen molar-refractivity contribution in [3.63, 3.8) is 0 Å². The van der Waals surface area contributed by atoms with Crippen LogP contribution in [0.4, 0.5) is 15.5 Å². The maximum absolute atomic E-state index is 16.4. The first-order chi connectivity index (χ1) is 22.4. The lowest BCUT2D eigenvalue weighted by Gasteiger charge is -2.37. The number of benzene rings is 3. The highest BCUT2D eigenvalue weighted by atomic mass is 35.5. The number of aliphatic hydroxyl groups excluding tert-OH is 1. The highest BCUT2D eigenvalue weighted by molar-refractivity contribution is 6.72. The van der Waals surface area contributed by atoms with E-state index < -0.39 is 37.6 Å². The fourth-order valence-electron chi connectivity index (χ4n) is 8.26. The van der Waals surface area contributed by atoms with E-state index in [4.69, 9.17) is 16.3 Å². The average molecular weight is 676 g/mol. The molecule has 5 atom stereocenters. The minimum absolute atomic E-state index is 0.0894. The van der Waals surface area contributed by atoms with Crippen molar-refractivity contribution in [2.45, 2.75) is 75.7 Å². The molecule has 8 nitrogen and oxygen atoms in total. The van der Waals surface area contributed by atoms with Gasteiger partial charge < -0.3 is 28.7 Å². The zero-order valence-electron chi connectivity index (χ0n) is 26.8. The second-order valence-corrected chi connectivity index (χ2v) is 18.1. The van der Waals surface area contributed by atoms with Crippen LogP contribution in [0.5, 0.6) is 0 Å². The number of halogens is 2. The summed E-state index contributed by atoms with van der Waals surface area (Å²) in [7, 11) is -3.51. The van der Waals surface area contributed by atoms with Gasteiger partial charge in [-0.2, -0.15) is 0 Å². The number of hydrogen-bond acceptors (Lipinski definition) is 5. The molecule has 4 aliphatic rings. The van der Waals surface area contributed by atoms with Gasteiger partial charge in [0.15, 0.2) is 5.60 Å². The van der Waals surface area contributed by atoms with Gasteiger partial charge in [0.2, 0.25) is 20.2 Å². The lowest BCUT2D eigenvalue weighted by atomic mass is 9.82. The molecular weight excluding hydrogens is 637 g/mol. The van der Waals surface area contributed by atoms with Gasteiger partial charge in [0.1, 0.15) is 0 Å². The summed E-state index contributed by atoms with van der Waals surface area (Å²) in [4.78, 5) is 45.7. The van der Waals surface area contributed by atoms with E-state index in [9.17, 15) is 19.5 Å². The molecular formula is C36H39ClFN3O5Si. The van der Waals surface area contributed by atoms with Gasteiger partial charge in [-0.25, -0.2) is 0 Å². The van der Waals surface area contributed by atoms with Crippen molar-refractivity contribution in [3.8, 4) is 0 Å². The molecule has 1 N–H and O–H groups in total. The Morgan fingerprint density at radius 3 is 2.45 bits per heavy atom. The molecule has 4 aliphatic heterocycles. The Morgan fingerprint density at radius 1 is 1.09 bits per heavy atom. The van der Waals surface area contributed by atoms with Crippen molar-refractivity contribution >= 4 is 49.1 Å². The summed E-state index contributed by atoms with van der Waals surface area (Å²) in [6.07, 6.45) is 0.134. The van der Waals surface area contributed by atoms with Crippen LogP contribution in [-0.2, 0) is 44.2 Å². The number of carbonyl (C=O) groups excluding carboxylic acids is 3. The van der Waals surface area contributed by atoms with E-state index in [0.717, 1.165) is 22.4 Å². The molecule has 0 radical (unpaired) electrons. The molecule has 47 heavy (non-hydrogen) atoms. The van der Waals surface area contributed by atoms with Crippen LogP contribution in [0.25, 0.3) is 0 Å². The molecule has 2 saturated heterocycles. The van der Waals surface area contributed by atoms with Gasteiger partial charge in [-0.05, 0) is 66.5 Å². The van der Waals surface area contributed by atoms with E-state index in [2.05, 4.69) is 0 Å². The van der Waals surface area contributed by atoms with E-state index in [1.807, 2.05) is 55.5 Å². The highest BCUT2D eigenvalue weighted by Crippen LogP contribution is 2.60. The zero-order valence-corrected chi connectivity index (χ0v) is 28.5. The molecule has 11 heteroatoms. The lowest BCUT2D eigenvalue weighted by Crippen LogP contribution is -2.48. The summed E-state index contributed by atoms with van der Waals surface area (Å²) in [6, 6.07) is 20.3. The number of carbonyl (C=O) groups is 3. The van der Waals surface area contributed by atoms with Crippen LogP contribution < -0.4 is 9.80 Å². The topological polar surface area (TPSA) is 90.4 Å². The fourth-order valence-corrected chi connectivity index (χ4v) is 10.9. The maximum atomic E-state index is 16.4. The van der Waals surface area contributed by atoms with Crippen LogP contribution >= 0.6 is 11.6 Å². The lowest BCUT2D eigenvalue weighted by molar-refractivity contribution is -0.151. The number of amides is 3. The minimum Gasteiger partial charge on any atom is -0.394 e. The van der Waals surface area contributed by atoms with Gasteiger partial charge in [-0.3, -0.25) is 14.4 Å². The van der Waals surface area contributed by atoms with Crippen LogP contribution in [0.1, 0.15) is 42.0 Å². The monoisotopic (exact) mass is 675 g/mol. The van der Waals surface area contributed by atoms with Crippen LogP contribution in [0.2, 0.25) is 23.7 Å². The molecule has 3 aromatic rings. The summed E-state index contributed by atoms with van der Waals surface area (Å²) in [5.41, 5.74) is 2.87. The summed E-state index contributed by atoms with van der Waals surface area (Å²) in [5, 5.41) is 10.7. The first-order valence-electron chi connectivity index (χ1n) is 16.3. The van der Waals surface area contributed by atoms with Crippen molar-refractivity contribution < 1.29 is 28.3 Å². The normalized spacial score (nSPS) is 26.9. The van der Waals surface area contributed by atoms with Crippen LogP contribution in [-0.4, -0.2) is 61.4 Å². The first-order valence-corrected chi connectivity index (χ1v) is 19.6. The Labute approximate surface area is 280 Å². The highest BCUT2D eigenvalue weighted by Gasteiger charge is 2.67. The Balaban J connectivity index is 1.20. The summed E-state index contributed by atoms with van der Waals surface area (Å²) in [6.45, 7) is 6.19. The second kappa shape index (κ2) is 11.8. The summed E-state index contributed by atoms with van der Waals surface area (Å²) < 4.78 is 23.2. The number of β-lactam (4-membered cyclic amide) rings is 1. The third-order valence-electron chi connectivity index (χ3n) is 10.6. The average Bonchev–Trinajstić information content (AvgIpc) is 3.46. The second-order valence-electron chi connectivity index (χ2n) is 13.8. The molecule has 0 unspecified atom stereocenters. The Hall–Kier alpha value is -3.57. The molecule has 246 valence electrons. The number of ether oxygens (including phenoxy) is 1. The third kappa shape index (κ3) is 5.30. The molecule has 0 saturated carbocycles. The Bertz CT molecular complexity index is 1750. The van der Waals surface area contributed by atoms with Gasteiger partial charge in [-0.15, -0.1) is 0 Å². The predicted octanol–water partition coefficient (Wildman–Crippen LogP) is 5.73. The van der Waals surface area contributed by atoms with E-state index in [0.29, 0.717) is 42.2 Å². The summed E-state index contributed by atoms with van der Waals surface area (Å²) in [5.74, 6) is -1.02. The molecule has 3 aromatic carbocycles. The molecule has 2 fully saturated rings. The van der Waals surface area contributed by atoms with Crippen molar-refractivity contribution in [1.82, 2.24) is 4.90 Å². The molecule has 4 heterocycles. The SMILES string of the molecule is C[C@H]1[C@H]([Si](C)(C)F)[C@@H](CC(=O)N2Cc3ccccc3C[C@H]2CO)O[C@]12C(=O)N(Cc1ccc(N3CCC3=O)cc1)c1ccc(Cl)cc12. The number of nitrogens with zero attached hydrogens (tertiary/aromatic N) is 3. The standard InChI is InChI=1S/C36H39ClFN3O5Si/c1-22-34(47(2,3)38)31(18-33(44)40-20-25-7-5-4-6-24(25)16-28(40)21-42)46-36(22)29-17-26(37)10-13-30(29)41(35(36)45)19-23-8-11-27(12-9-23)39-15-14-32(39)43/h4-13,17,22,28,31,34,42H,14-16,18-21H2,1-3H3/t22-,28-,31+,34-,36+/m0/s1. The van der Waals surface area contributed by atoms with Crippen LogP contribution in [0.3, 0.4) is 0 Å². The smallest absolute Gasteiger partial charge is 0.264 e. The van der Waals surface area contributed by atoms with Gasteiger partial charge in [0.25, 0.3) is 5.91 Å². The van der Waals surface area contributed by atoms with Crippen LogP contribution in [0.15, 0.2) is 66.7 Å². The summed E-state index contributed by atoms with van der Waals surface area (Å²) >= 11 is 6.52. The molecule has 0 bridgehead atoms. The minimum atomic E-state index is -3.51. The number of anilines is 2. The van der Waals surface area contributed by atoms with Gasteiger partial charge in [0.05, 0.1) is 37.4 Å². The number of aliphatic hydroxyl groups is 1. The molecule has 0 aromatic heterocycles. The Kier molecular flexibility index (Phi) is 8.06. The van der Waals surface area contributed by atoms with Crippen molar-refractivity contribution in [3.05, 3.63) is 94.0 Å². The van der Waals surface area contributed by atoms with Gasteiger partial charge in [0, 0.05) is 47.2 Å². The maximum Gasteiger partial charge on any atom is 0.264 e. The molecule has 3 amide bonds. The number of hydrogen-bond donors (Lipinski definition) is 1. The van der Waals surface area contributed by atoms with E-state index in [-0.39, 0.29) is 37.3 Å². The quantitative estimate of drug-likeness (QED) is 0.196. The first kappa shape index (κ1) is 32.0. The zero-order chi connectivity index (χ0) is 33.2. The molecule has 1 spiro atoms. The van der Waals surface area contributed by atoms with E-state index in [1.165, 1.54) is 0 Å². The third-order valence-corrected chi connectivity index (χ3v) is 13.3. The van der Waals surface area contributed by atoms with Gasteiger partial charge in [-0.1, -0.05) is 54.9 Å². The molecule has 0 aliphatic carbocycles. The van der Waals surface area contributed by atoms with E-state index in [1.54, 1.807) is 46.0 Å². The van der Waals surface area contributed by atoms with Crippen molar-refractivity contribution in [1.29, 1.82) is 0 Å². The van der Waals surface area contributed by atoms with Crippen LogP contribution in [0, 0.1) is 5.92 Å². The number of fused-ring (bicyclic) bond motifs is 3. The Morgan fingerprint density at radius 2 is 1.81 bits per heavy atom.